The van der Waals surface area contributed by atoms with Gasteiger partial charge in [0, 0.05) is 5.57 Å². The van der Waals surface area contributed by atoms with Crippen LogP contribution < -0.4 is 0 Å². The maximum Gasteiger partial charge on any atom is 0.335 e. The summed E-state index contributed by atoms with van der Waals surface area (Å²) in [6, 6.07) is 0. The molecule has 0 saturated heterocycles. The molecule has 0 aliphatic rings. The topological polar surface area (TPSA) is 35.5 Å². The third kappa shape index (κ3) is 10.1. The van der Waals surface area contributed by atoms with Crippen LogP contribution in [0.4, 0.5) is 0 Å². The average molecular weight is 254 g/mol. The van der Waals surface area contributed by atoms with Crippen LogP contribution in [0.2, 0.25) is 0 Å². The first-order chi connectivity index (χ1) is 8.72. The van der Waals surface area contributed by atoms with Crippen molar-refractivity contribution in [2.24, 2.45) is 0 Å². The van der Waals surface area contributed by atoms with Crippen LogP contribution in [-0.2, 0) is 14.3 Å². The third-order valence-corrected chi connectivity index (χ3v) is 2.63. The minimum Gasteiger partial charge on any atom is -0.435 e. The fourth-order valence-electron chi connectivity index (χ4n) is 1.55. The molecule has 0 amide bonds. The number of rotatable bonds is 12. The van der Waals surface area contributed by atoms with Crippen LogP contribution in [0.3, 0.4) is 0 Å². The molecule has 0 aromatic heterocycles. The monoisotopic (exact) mass is 254 g/mol. The molecule has 0 heterocycles. The van der Waals surface area contributed by atoms with Crippen molar-refractivity contribution in [3.8, 4) is 0 Å². The Morgan fingerprint density at radius 1 is 1.17 bits per heavy atom. The van der Waals surface area contributed by atoms with E-state index >= 15 is 0 Å². The van der Waals surface area contributed by atoms with Crippen LogP contribution in [0, 0.1) is 0 Å². The molecule has 0 aromatic carbocycles. The summed E-state index contributed by atoms with van der Waals surface area (Å²) in [6.45, 7) is 9.80. The molecular weight excluding hydrogens is 228 g/mol. The molecular formula is C15H26O3. The molecule has 104 valence electrons. The lowest BCUT2D eigenvalue weighted by Gasteiger charge is -2.06. The Kier molecular flexibility index (Phi) is 11.6. The predicted molar refractivity (Wildman–Crippen MR) is 74.2 cm³/mol. The Morgan fingerprint density at radius 2 is 1.83 bits per heavy atom. The number of carbonyl (C=O) groups is 1. The molecule has 18 heavy (non-hydrogen) atoms. The lowest BCUT2D eigenvalue weighted by Crippen LogP contribution is -2.10. The van der Waals surface area contributed by atoms with E-state index in [-0.39, 0.29) is 12.8 Å². The van der Waals surface area contributed by atoms with Crippen molar-refractivity contribution in [3.05, 3.63) is 24.8 Å². The number of hydrogen-bond acceptors (Lipinski definition) is 3. The van der Waals surface area contributed by atoms with E-state index in [0.717, 1.165) is 12.8 Å². The van der Waals surface area contributed by atoms with Crippen LogP contribution in [0.5, 0.6) is 0 Å². The summed E-state index contributed by atoms with van der Waals surface area (Å²) in [4.78, 5) is 11.4. The standard InChI is InChI=1S/C15H26O3/c1-4-6-7-8-9-10-11-14(3)15(16)18-13-17-12-5-2/h5H,2-4,6-13H2,1H3. The summed E-state index contributed by atoms with van der Waals surface area (Å²) in [6.07, 6.45) is 9.55. The van der Waals surface area contributed by atoms with Crippen LogP contribution in [0.25, 0.3) is 0 Å². The maximum atomic E-state index is 11.4. The van der Waals surface area contributed by atoms with Gasteiger partial charge in [-0.3, -0.25) is 0 Å². The summed E-state index contributed by atoms with van der Waals surface area (Å²) in [7, 11) is 0. The van der Waals surface area contributed by atoms with Gasteiger partial charge in [-0.2, -0.15) is 0 Å². The minimum atomic E-state index is -0.354. The first-order valence-electron chi connectivity index (χ1n) is 6.75. The second kappa shape index (κ2) is 12.4. The molecule has 0 aromatic rings. The number of hydrogen-bond donors (Lipinski definition) is 0. The van der Waals surface area contributed by atoms with Gasteiger partial charge in [0.2, 0.25) is 0 Å². The molecule has 3 heteroatoms. The predicted octanol–water partition coefficient (Wildman–Crippen LogP) is 4.00. The van der Waals surface area contributed by atoms with Crippen molar-refractivity contribution in [3.63, 3.8) is 0 Å². The lowest BCUT2D eigenvalue weighted by molar-refractivity contribution is -0.150. The quantitative estimate of drug-likeness (QED) is 0.174. The highest BCUT2D eigenvalue weighted by molar-refractivity contribution is 5.87. The first-order valence-corrected chi connectivity index (χ1v) is 6.75. The zero-order chi connectivity index (χ0) is 13.6. The normalized spacial score (nSPS) is 10.1. The van der Waals surface area contributed by atoms with Crippen LogP contribution >= 0.6 is 0 Å². The van der Waals surface area contributed by atoms with E-state index in [1.807, 2.05) is 0 Å². The van der Waals surface area contributed by atoms with E-state index in [1.165, 1.54) is 25.7 Å². The summed E-state index contributed by atoms with van der Waals surface area (Å²) in [5.74, 6) is -0.354. The highest BCUT2D eigenvalue weighted by atomic mass is 16.7. The maximum absolute atomic E-state index is 11.4. The Bertz CT molecular complexity index is 246. The van der Waals surface area contributed by atoms with Gasteiger partial charge >= 0.3 is 5.97 Å². The molecule has 0 unspecified atom stereocenters. The lowest BCUT2D eigenvalue weighted by atomic mass is 10.1. The number of ether oxygens (including phenoxy) is 2. The van der Waals surface area contributed by atoms with E-state index in [2.05, 4.69) is 20.1 Å². The molecule has 0 spiro atoms. The van der Waals surface area contributed by atoms with Gasteiger partial charge in [-0.1, -0.05) is 51.7 Å². The van der Waals surface area contributed by atoms with E-state index in [1.54, 1.807) is 6.08 Å². The molecule has 0 bridgehead atoms. The zero-order valence-electron chi connectivity index (χ0n) is 11.6. The SMILES string of the molecule is C=CCOCOC(=O)C(=C)CCCCCCCC. The Hall–Kier alpha value is -1.09. The van der Waals surface area contributed by atoms with Crippen molar-refractivity contribution in [2.45, 2.75) is 51.9 Å². The number of unbranched alkanes of at least 4 members (excludes halogenated alkanes) is 5. The molecule has 0 fully saturated rings. The highest BCUT2D eigenvalue weighted by Gasteiger charge is 2.07. The highest BCUT2D eigenvalue weighted by Crippen LogP contribution is 2.11. The van der Waals surface area contributed by atoms with Gasteiger partial charge in [-0.15, -0.1) is 6.58 Å². The van der Waals surface area contributed by atoms with E-state index < -0.39 is 0 Å². The second-order valence-corrected chi connectivity index (χ2v) is 4.33. The van der Waals surface area contributed by atoms with Gasteiger partial charge in [0.25, 0.3) is 0 Å². The fraction of sp³-hybridized carbons (Fsp3) is 0.667. The summed E-state index contributed by atoms with van der Waals surface area (Å²) >= 11 is 0. The summed E-state index contributed by atoms with van der Waals surface area (Å²) < 4.78 is 9.86. The van der Waals surface area contributed by atoms with Crippen LogP contribution in [-0.4, -0.2) is 19.4 Å². The average Bonchev–Trinajstić information content (AvgIpc) is 2.38. The van der Waals surface area contributed by atoms with Crippen molar-refractivity contribution in [2.75, 3.05) is 13.4 Å². The Labute approximate surface area is 111 Å². The van der Waals surface area contributed by atoms with Gasteiger partial charge in [-0.05, 0) is 12.8 Å². The van der Waals surface area contributed by atoms with Crippen LogP contribution in [0.15, 0.2) is 24.8 Å². The number of carbonyl (C=O) groups excluding carboxylic acids is 1. The zero-order valence-corrected chi connectivity index (χ0v) is 11.6. The molecule has 0 radical (unpaired) electrons. The fourth-order valence-corrected chi connectivity index (χ4v) is 1.55. The summed E-state index contributed by atoms with van der Waals surface area (Å²) in [5.41, 5.74) is 0.535. The van der Waals surface area contributed by atoms with Crippen molar-refractivity contribution in [1.29, 1.82) is 0 Å². The first kappa shape index (κ1) is 16.9. The molecule has 0 rings (SSSR count). The van der Waals surface area contributed by atoms with Gasteiger partial charge < -0.3 is 9.47 Å². The molecule has 0 N–H and O–H groups in total. The van der Waals surface area contributed by atoms with Crippen molar-refractivity contribution in [1.82, 2.24) is 0 Å². The van der Waals surface area contributed by atoms with E-state index in [0.29, 0.717) is 18.6 Å². The van der Waals surface area contributed by atoms with Crippen LogP contribution in [0.1, 0.15) is 51.9 Å². The van der Waals surface area contributed by atoms with Gasteiger partial charge in [0.15, 0.2) is 6.79 Å². The molecule has 0 atom stereocenters. The van der Waals surface area contributed by atoms with Gasteiger partial charge in [-0.25, -0.2) is 4.79 Å². The summed E-state index contributed by atoms with van der Waals surface area (Å²) in [5, 5.41) is 0. The molecule has 0 aliphatic heterocycles. The number of esters is 1. The molecule has 0 aliphatic carbocycles. The van der Waals surface area contributed by atoms with Gasteiger partial charge in [0.1, 0.15) is 0 Å². The molecule has 0 saturated carbocycles. The van der Waals surface area contributed by atoms with Crippen molar-refractivity contribution < 1.29 is 14.3 Å². The van der Waals surface area contributed by atoms with Gasteiger partial charge in [0.05, 0.1) is 6.61 Å². The van der Waals surface area contributed by atoms with E-state index in [4.69, 9.17) is 9.47 Å². The Morgan fingerprint density at radius 3 is 2.50 bits per heavy atom. The smallest absolute Gasteiger partial charge is 0.335 e. The van der Waals surface area contributed by atoms with E-state index in [9.17, 15) is 4.79 Å². The second-order valence-electron chi connectivity index (χ2n) is 4.33. The third-order valence-electron chi connectivity index (χ3n) is 2.63. The minimum absolute atomic E-state index is 0.0274. The largest absolute Gasteiger partial charge is 0.435 e. The van der Waals surface area contributed by atoms with Crippen molar-refractivity contribution >= 4 is 5.97 Å². The Balaban J connectivity index is 3.44. The molecule has 3 nitrogen and oxygen atoms in total.